The molecule has 0 bridgehead atoms. The first-order valence-corrected chi connectivity index (χ1v) is 7.00. The molecule has 24 heavy (non-hydrogen) atoms. The maximum Gasteiger partial charge on any atom is 0.416 e. The van der Waals surface area contributed by atoms with Crippen LogP contribution in [-0.2, 0) is 14.2 Å². The van der Waals surface area contributed by atoms with Crippen molar-refractivity contribution in [1.29, 1.82) is 0 Å². The molecule has 150 valence electrons. The van der Waals surface area contributed by atoms with Gasteiger partial charge in [0.25, 0.3) is 6.43 Å². The Hall–Kier alpha value is -0.540. The van der Waals surface area contributed by atoms with E-state index in [-0.39, 0.29) is 0 Å². The van der Waals surface area contributed by atoms with E-state index in [1.807, 2.05) is 0 Å². The summed E-state index contributed by atoms with van der Waals surface area (Å²) in [5.41, 5.74) is -3.90. The standard InChI is InChI=1S/C5H9F3O.C5H10F2O.C5H11FO/c1-4(2,9-3)5(6,7)8;1-5(2,8-3)4(6)7;1-5(2,4-6)7-3/h1-3H3;4H,1-3H3;4H2,1-3H3. The smallest absolute Gasteiger partial charge is 0.376 e. The van der Waals surface area contributed by atoms with Gasteiger partial charge in [0.2, 0.25) is 0 Å². The van der Waals surface area contributed by atoms with Gasteiger partial charge in [0.15, 0.2) is 5.60 Å². The van der Waals surface area contributed by atoms with Crippen molar-refractivity contribution in [3.8, 4) is 0 Å². The van der Waals surface area contributed by atoms with E-state index < -0.39 is 36.1 Å². The molecule has 0 unspecified atom stereocenters. The van der Waals surface area contributed by atoms with Gasteiger partial charge in [0, 0.05) is 21.3 Å². The highest BCUT2D eigenvalue weighted by Crippen LogP contribution is 2.31. The molecule has 0 aromatic heterocycles. The van der Waals surface area contributed by atoms with Gasteiger partial charge in [-0.05, 0) is 41.5 Å². The third-order valence-electron chi connectivity index (χ3n) is 3.12. The molecule has 0 amide bonds. The van der Waals surface area contributed by atoms with Crippen LogP contribution in [0, 0.1) is 0 Å². The fourth-order valence-electron chi connectivity index (χ4n) is 0.259. The normalized spacial score (nSPS) is 13.0. The average molecular weight is 372 g/mol. The van der Waals surface area contributed by atoms with Gasteiger partial charge >= 0.3 is 6.18 Å². The molecule has 0 spiro atoms. The number of methoxy groups -OCH3 is 3. The van der Waals surface area contributed by atoms with Gasteiger partial charge in [-0.3, -0.25) is 0 Å². The van der Waals surface area contributed by atoms with Crippen molar-refractivity contribution < 1.29 is 40.6 Å². The summed E-state index contributed by atoms with van der Waals surface area (Å²) in [6.07, 6.45) is -6.69. The highest BCUT2D eigenvalue weighted by atomic mass is 19.4. The Morgan fingerprint density at radius 1 is 0.750 bits per heavy atom. The van der Waals surface area contributed by atoms with E-state index in [2.05, 4.69) is 9.47 Å². The molecule has 0 N–H and O–H groups in total. The molecule has 0 aromatic carbocycles. The minimum Gasteiger partial charge on any atom is -0.376 e. The molecule has 9 heteroatoms. The van der Waals surface area contributed by atoms with Crippen molar-refractivity contribution in [2.24, 2.45) is 0 Å². The molecule has 0 saturated carbocycles. The van der Waals surface area contributed by atoms with E-state index in [9.17, 15) is 26.3 Å². The number of ether oxygens (including phenoxy) is 3. The first-order valence-electron chi connectivity index (χ1n) is 7.00. The Bertz CT molecular complexity index is 309. The predicted octanol–water partition coefficient (Wildman–Crippen LogP) is 5.03. The Kier molecular flexibility index (Phi) is 13.1. The third-order valence-corrected chi connectivity index (χ3v) is 3.12. The third kappa shape index (κ3) is 12.8. The van der Waals surface area contributed by atoms with Crippen LogP contribution in [0.25, 0.3) is 0 Å². The van der Waals surface area contributed by atoms with Crippen LogP contribution in [0.3, 0.4) is 0 Å². The minimum absolute atomic E-state index is 0.427. The Morgan fingerprint density at radius 2 is 1.12 bits per heavy atom. The molecule has 0 aliphatic carbocycles. The topological polar surface area (TPSA) is 27.7 Å². The highest BCUT2D eigenvalue weighted by molar-refractivity contribution is 4.76. The molecule has 3 nitrogen and oxygen atoms in total. The number of rotatable bonds is 5. The largest absolute Gasteiger partial charge is 0.416 e. The lowest BCUT2D eigenvalue weighted by atomic mass is 10.1. The lowest BCUT2D eigenvalue weighted by Gasteiger charge is -2.25. The zero-order valence-electron chi connectivity index (χ0n) is 15.8. The summed E-state index contributed by atoms with van der Waals surface area (Å²) in [4.78, 5) is 0. The lowest BCUT2D eigenvalue weighted by molar-refractivity contribution is -0.255. The molecular formula is C15H30F6O3. The predicted molar refractivity (Wildman–Crippen MR) is 81.3 cm³/mol. The second-order valence-corrected chi connectivity index (χ2v) is 6.42. The Labute approximate surface area is 140 Å². The van der Waals surface area contributed by atoms with Crippen LogP contribution < -0.4 is 0 Å². The summed E-state index contributed by atoms with van der Waals surface area (Å²) < 4.78 is 83.5. The second-order valence-electron chi connectivity index (χ2n) is 6.42. The minimum atomic E-state index is -4.28. The van der Waals surface area contributed by atoms with E-state index in [0.717, 1.165) is 21.0 Å². The number of alkyl halides is 6. The summed E-state index contributed by atoms with van der Waals surface area (Å²) >= 11 is 0. The van der Waals surface area contributed by atoms with Gasteiger partial charge in [-0.15, -0.1) is 0 Å². The monoisotopic (exact) mass is 372 g/mol. The summed E-state index contributed by atoms with van der Waals surface area (Å²) in [5, 5.41) is 0. The molecule has 0 aliphatic heterocycles. The molecule has 0 radical (unpaired) electrons. The fourth-order valence-corrected chi connectivity index (χ4v) is 0.259. The van der Waals surface area contributed by atoms with Gasteiger partial charge in [-0.1, -0.05) is 0 Å². The van der Waals surface area contributed by atoms with Crippen LogP contribution in [0.1, 0.15) is 41.5 Å². The maximum absolute atomic E-state index is 11.7. The van der Waals surface area contributed by atoms with Crippen LogP contribution in [0.2, 0.25) is 0 Å². The van der Waals surface area contributed by atoms with Gasteiger partial charge in [0.05, 0.1) is 5.60 Å². The zero-order valence-corrected chi connectivity index (χ0v) is 15.8. The van der Waals surface area contributed by atoms with Crippen molar-refractivity contribution in [1.82, 2.24) is 0 Å². The first kappa shape index (κ1) is 28.3. The quantitative estimate of drug-likeness (QED) is 0.634. The van der Waals surface area contributed by atoms with E-state index in [1.54, 1.807) is 13.8 Å². The van der Waals surface area contributed by atoms with E-state index in [0.29, 0.717) is 0 Å². The molecular weight excluding hydrogens is 342 g/mol. The van der Waals surface area contributed by atoms with Crippen LogP contribution in [0.15, 0.2) is 0 Å². The van der Waals surface area contributed by atoms with Gasteiger partial charge in [0.1, 0.15) is 12.3 Å². The SMILES string of the molecule is COC(C)(C)C(F)(F)F.COC(C)(C)C(F)F.COC(C)(C)CF. The van der Waals surface area contributed by atoms with Crippen molar-refractivity contribution >= 4 is 0 Å². The highest BCUT2D eigenvalue weighted by Gasteiger charge is 2.47. The summed E-state index contributed by atoms with van der Waals surface area (Å²) in [7, 11) is 3.80. The average Bonchev–Trinajstić information content (AvgIpc) is 2.47. The molecule has 0 aromatic rings. The zero-order chi connectivity index (χ0) is 20.4. The summed E-state index contributed by atoms with van der Waals surface area (Å²) in [6.45, 7) is 7.62. The molecule has 0 heterocycles. The fraction of sp³-hybridized carbons (Fsp3) is 1.00. The van der Waals surface area contributed by atoms with E-state index >= 15 is 0 Å². The second kappa shape index (κ2) is 11.1. The van der Waals surface area contributed by atoms with Crippen molar-refractivity contribution in [3.05, 3.63) is 0 Å². The van der Waals surface area contributed by atoms with Gasteiger partial charge < -0.3 is 14.2 Å². The van der Waals surface area contributed by atoms with Crippen molar-refractivity contribution in [3.63, 3.8) is 0 Å². The number of hydrogen-bond donors (Lipinski definition) is 0. The van der Waals surface area contributed by atoms with E-state index in [4.69, 9.17) is 4.74 Å². The van der Waals surface area contributed by atoms with Crippen LogP contribution in [0.5, 0.6) is 0 Å². The van der Waals surface area contributed by atoms with Gasteiger partial charge in [-0.25, -0.2) is 13.2 Å². The summed E-state index contributed by atoms with van der Waals surface area (Å²) in [5.74, 6) is 0. The molecule has 0 aliphatic rings. The summed E-state index contributed by atoms with van der Waals surface area (Å²) in [6, 6.07) is 0. The van der Waals surface area contributed by atoms with Crippen LogP contribution in [-0.4, -0.2) is 57.4 Å². The molecule has 0 rings (SSSR count). The first-order chi connectivity index (χ1) is 10.4. The van der Waals surface area contributed by atoms with Crippen LogP contribution in [0.4, 0.5) is 26.3 Å². The van der Waals surface area contributed by atoms with Gasteiger partial charge in [-0.2, -0.15) is 13.2 Å². The lowest BCUT2D eigenvalue weighted by Crippen LogP contribution is -2.40. The molecule has 0 fully saturated rings. The molecule has 0 atom stereocenters. The molecule has 0 saturated heterocycles. The Balaban J connectivity index is -0.000000278. The van der Waals surface area contributed by atoms with Crippen molar-refractivity contribution in [2.75, 3.05) is 28.0 Å². The number of hydrogen-bond acceptors (Lipinski definition) is 3. The van der Waals surface area contributed by atoms with E-state index in [1.165, 1.54) is 28.1 Å². The van der Waals surface area contributed by atoms with Crippen molar-refractivity contribution in [2.45, 2.75) is 70.9 Å². The number of halogens is 6. The maximum atomic E-state index is 11.7. The van der Waals surface area contributed by atoms with Crippen LogP contribution >= 0.6 is 0 Å². The Morgan fingerprint density at radius 3 is 1.12 bits per heavy atom.